The van der Waals surface area contributed by atoms with E-state index in [2.05, 4.69) is 51.6 Å². The third kappa shape index (κ3) is 7.50. The molecule has 0 aromatic carbocycles. The maximum absolute atomic E-state index is 12.6. The normalized spacial score (nSPS) is 16.8. The molecule has 0 saturated carbocycles. The van der Waals surface area contributed by atoms with Gasteiger partial charge in [-0.15, -0.1) is 5.10 Å². The van der Waals surface area contributed by atoms with Gasteiger partial charge in [-0.25, -0.2) is 9.48 Å². The fourth-order valence-corrected chi connectivity index (χ4v) is 4.32. The lowest BCUT2D eigenvalue weighted by atomic mass is 10.1. The molecule has 2 rings (SSSR count). The molecule has 1 saturated heterocycles. The monoisotopic (exact) mass is 465 g/mol. The second-order valence-corrected chi connectivity index (χ2v) is 11.4. The fourth-order valence-electron chi connectivity index (χ4n) is 4.32. The minimum atomic E-state index is -0.761. The van der Waals surface area contributed by atoms with E-state index >= 15 is 0 Å². The molecule has 1 aliphatic rings. The maximum atomic E-state index is 12.6. The van der Waals surface area contributed by atoms with Crippen molar-refractivity contribution in [2.75, 3.05) is 61.4 Å². The largest absolute Gasteiger partial charge is 0.327 e. The Morgan fingerprint density at radius 3 is 2.18 bits per heavy atom. The lowest BCUT2D eigenvalue weighted by Crippen LogP contribution is -2.43. The molecule has 1 fully saturated rings. The van der Waals surface area contributed by atoms with Gasteiger partial charge in [0.1, 0.15) is 17.8 Å². The Bertz CT molecular complexity index is 800. The third-order valence-corrected chi connectivity index (χ3v) is 7.00. The van der Waals surface area contributed by atoms with Crippen molar-refractivity contribution in [2.24, 2.45) is 0 Å². The number of carbonyl (C=O) groups excluding carboxylic acids is 2. The van der Waals surface area contributed by atoms with E-state index < -0.39 is 5.54 Å². The molecule has 9 heteroatoms. The number of hydrogen-bond acceptors (Lipinski definition) is 4. The zero-order chi connectivity index (χ0) is 24.9. The fraction of sp³-hybridized carbons (Fsp3) is 0.833. The van der Waals surface area contributed by atoms with Crippen LogP contribution in [-0.4, -0.2) is 113 Å². The standard InChI is InChI=1S/C24H47N7O2/c1-9-10-11-12-16-30(5,6)18-15-28-19-21(25-26-28)20-31(7,8)17-13-14-29-22(32)24(2,3)27(4)23(29)33/h19H,9-18,20H2,1-8H3/q+2. The van der Waals surface area contributed by atoms with Crippen LogP contribution in [0.4, 0.5) is 4.79 Å². The molecular weight excluding hydrogens is 418 g/mol. The Labute approximate surface area is 200 Å². The number of imide groups is 1. The molecule has 1 aliphatic heterocycles. The Morgan fingerprint density at radius 1 is 0.909 bits per heavy atom. The molecule has 0 N–H and O–H groups in total. The highest BCUT2D eigenvalue weighted by Gasteiger charge is 2.48. The topological polar surface area (TPSA) is 71.3 Å². The summed E-state index contributed by atoms with van der Waals surface area (Å²) in [4.78, 5) is 27.9. The highest BCUT2D eigenvalue weighted by Crippen LogP contribution is 2.25. The van der Waals surface area contributed by atoms with E-state index in [-0.39, 0.29) is 11.9 Å². The Balaban J connectivity index is 1.79. The summed E-state index contributed by atoms with van der Waals surface area (Å²) in [6, 6.07) is -0.204. The summed E-state index contributed by atoms with van der Waals surface area (Å²) >= 11 is 0. The van der Waals surface area contributed by atoms with Crippen molar-refractivity contribution in [3.8, 4) is 0 Å². The molecule has 0 atom stereocenters. The molecule has 0 radical (unpaired) electrons. The number of quaternary nitrogens is 2. The van der Waals surface area contributed by atoms with Crippen molar-refractivity contribution in [2.45, 2.75) is 71.5 Å². The van der Waals surface area contributed by atoms with Gasteiger partial charge in [0.2, 0.25) is 0 Å². The van der Waals surface area contributed by atoms with E-state index in [9.17, 15) is 9.59 Å². The Hall–Kier alpha value is -2.00. The number of carbonyl (C=O) groups is 2. The highest BCUT2D eigenvalue weighted by molar-refractivity contribution is 6.06. The van der Waals surface area contributed by atoms with Crippen molar-refractivity contribution in [3.05, 3.63) is 11.9 Å². The lowest BCUT2D eigenvalue weighted by molar-refractivity contribution is -0.904. The molecule has 3 amide bonds. The summed E-state index contributed by atoms with van der Waals surface area (Å²) in [7, 11) is 10.6. The molecule has 188 valence electrons. The first kappa shape index (κ1) is 27.2. The first-order chi connectivity index (χ1) is 15.3. The van der Waals surface area contributed by atoms with Crippen molar-refractivity contribution >= 4 is 11.9 Å². The lowest BCUT2D eigenvalue weighted by Gasteiger charge is -2.30. The van der Waals surface area contributed by atoms with Crippen LogP contribution in [0.15, 0.2) is 6.20 Å². The summed E-state index contributed by atoms with van der Waals surface area (Å²) in [5, 5.41) is 8.74. The van der Waals surface area contributed by atoms with Crippen LogP contribution in [0.25, 0.3) is 0 Å². The summed E-state index contributed by atoms with van der Waals surface area (Å²) < 4.78 is 3.69. The zero-order valence-corrected chi connectivity index (χ0v) is 22.3. The van der Waals surface area contributed by atoms with Gasteiger partial charge in [0, 0.05) is 20.0 Å². The van der Waals surface area contributed by atoms with Crippen LogP contribution in [-0.2, 0) is 17.9 Å². The predicted molar refractivity (Wildman–Crippen MR) is 130 cm³/mol. The highest BCUT2D eigenvalue weighted by atomic mass is 16.2. The molecule has 0 bridgehead atoms. The van der Waals surface area contributed by atoms with Gasteiger partial charge in [-0.1, -0.05) is 25.0 Å². The Kier molecular flexibility index (Phi) is 9.04. The average Bonchev–Trinajstić information content (AvgIpc) is 3.22. The van der Waals surface area contributed by atoms with Gasteiger partial charge in [0.25, 0.3) is 5.91 Å². The van der Waals surface area contributed by atoms with Gasteiger partial charge in [0.05, 0.1) is 60.6 Å². The third-order valence-electron chi connectivity index (χ3n) is 7.00. The summed E-state index contributed by atoms with van der Waals surface area (Å²) in [5.74, 6) is -0.116. The van der Waals surface area contributed by atoms with E-state index in [1.165, 1.54) is 42.0 Å². The number of unbranched alkanes of at least 4 members (excludes halogenated alkanes) is 3. The van der Waals surface area contributed by atoms with Crippen molar-refractivity contribution in [1.29, 1.82) is 0 Å². The van der Waals surface area contributed by atoms with Gasteiger partial charge in [0.15, 0.2) is 0 Å². The van der Waals surface area contributed by atoms with E-state index in [0.717, 1.165) is 47.3 Å². The molecule has 33 heavy (non-hydrogen) atoms. The minimum absolute atomic E-state index is 0.116. The molecule has 0 spiro atoms. The van der Waals surface area contributed by atoms with Crippen LogP contribution in [0.1, 0.15) is 58.6 Å². The van der Waals surface area contributed by atoms with E-state index in [4.69, 9.17) is 0 Å². The average molecular weight is 466 g/mol. The first-order valence-corrected chi connectivity index (χ1v) is 12.4. The Morgan fingerprint density at radius 2 is 1.58 bits per heavy atom. The number of rotatable bonds is 14. The van der Waals surface area contributed by atoms with Gasteiger partial charge < -0.3 is 13.9 Å². The van der Waals surface area contributed by atoms with E-state index in [1.807, 2.05) is 4.68 Å². The van der Waals surface area contributed by atoms with Crippen LogP contribution in [0.2, 0.25) is 0 Å². The summed E-state index contributed by atoms with van der Waals surface area (Å²) in [6.07, 6.45) is 7.99. The van der Waals surface area contributed by atoms with Crippen molar-refractivity contribution in [1.82, 2.24) is 24.8 Å². The quantitative estimate of drug-likeness (QED) is 0.241. The number of aromatic nitrogens is 3. The van der Waals surface area contributed by atoms with Crippen LogP contribution < -0.4 is 0 Å². The SMILES string of the molecule is CCCCCC[N+](C)(C)CCn1cc(C[N+](C)(C)CCCN2C(=O)N(C)C(C)(C)C2=O)nn1. The van der Waals surface area contributed by atoms with Gasteiger partial charge in [-0.05, 0) is 26.7 Å². The van der Waals surface area contributed by atoms with Crippen molar-refractivity contribution in [3.63, 3.8) is 0 Å². The molecule has 0 aliphatic carbocycles. The number of amides is 3. The van der Waals surface area contributed by atoms with Gasteiger partial charge >= 0.3 is 6.03 Å². The molecule has 0 unspecified atom stereocenters. The van der Waals surface area contributed by atoms with Crippen LogP contribution in [0, 0.1) is 0 Å². The zero-order valence-electron chi connectivity index (χ0n) is 22.3. The molecular formula is C24H47N7O2+2. The molecule has 1 aromatic heterocycles. The van der Waals surface area contributed by atoms with E-state index in [0.29, 0.717) is 6.54 Å². The maximum Gasteiger partial charge on any atom is 0.327 e. The second-order valence-electron chi connectivity index (χ2n) is 11.4. The number of hydrogen-bond donors (Lipinski definition) is 0. The summed E-state index contributed by atoms with van der Waals surface area (Å²) in [6.45, 7) is 11.0. The van der Waals surface area contributed by atoms with Crippen LogP contribution in [0.3, 0.4) is 0 Å². The van der Waals surface area contributed by atoms with Crippen LogP contribution in [0.5, 0.6) is 0 Å². The molecule has 9 nitrogen and oxygen atoms in total. The number of urea groups is 1. The predicted octanol–water partition coefficient (Wildman–Crippen LogP) is 2.57. The first-order valence-electron chi connectivity index (χ1n) is 12.4. The second kappa shape index (κ2) is 11.0. The van der Waals surface area contributed by atoms with Crippen molar-refractivity contribution < 1.29 is 18.6 Å². The smallest absolute Gasteiger partial charge is 0.327 e. The minimum Gasteiger partial charge on any atom is -0.327 e. The van der Waals surface area contributed by atoms with Crippen LogP contribution >= 0.6 is 0 Å². The van der Waals surface area contributed by atoms with Gasteiger partial charge in [-0.2, -0.15) is 0 Å². The molecule has 1 aromatic rings. The number of nitrogens with zero attached hydrogens (tertiary/aromatic N) is 7. The molecule has 2 heterocycles. The number of likely N-dealkylation sites (N-methyl/N-ethyl adjacent to an activating group) is 2. The van der Waals surface area contributed by atoms with E-state index in [1.54, 1.807) is 20.9 Å². The van der Waals surface area contributed by atoms with Gasteiger partial charge in [-0.3, -0.25) is 9.69 Å². The summed E-state index contributed by atoms with van der Waals surface area (Å²) in [5.41, 5.74) is 0.213.